The number of hydrogen-bond acceptors (Lipinski definition) is 1. The lowest BCUT2D eigenvalue weighted by Gasteiger charge is -2.33. The van der Waals surface area contributed by atoms with Crippen molar-refractivity contribution >= 4 is 11.6 Å². The van der Waals surface area contributed by atoms with E-state index in [4.69, 9.17) is 11.6 Å². The lowest BCUT2D eigenvalue weighted by molar-refractivity contribution is -0.901. The van der Waals surface area contributed by atoms with Crippen LogP contribution in [0.25, 0.3) is 0 Å². The predicted molar refractivity (Wildman–Crippen MR) is 90.2 cm³/mol. The van der Waals surface area contributed by atoms with E-state index in [0.29, 0.717) is 6.00 Å². The SMILES string of the molecule is CCCCCCCCCCCC[N+](C)(CCl)CC(C)O.[Cl-]. The van der Waals surface area contributed by atoms with E-state index in [-0.39, 0.29) is 18.5 Å². The van der Waals surface area contributed by atoms with E-state index < -0.39 is 0 Å². The molecule has 2 nitrogen and oxygen atoms in total. The molecule has 130 valence electrons. The van der Waals surface area contributed by atoms with Crippen LogP contribution in [0, 0.1) is 0 Å². The third kappa shape index (κ3) is 15.2. The minimum Gasteiger partial charge on any atom is -1.00 e. The van der Waals surface area contributed by atoms with Crippen molar-refractivity contribution in [2.75, 3.05) is 26.1 Å². The lowest BCUT2D eigenvalue weighted by atomic mass is 10.1. The number of unbranched alkanes of at least 4 members (excludes halogenated alkanes) is 9. The Hall–Kier alpha value is 0.500. The average Bonchev–Trinajstić information content (AvgIpc) is 2.40. The Kier molecular flexibility index (Phi) is 17.4. The second-order valence-electron chi connectivity index (χ2n) is 6.68. The van der Waals surface area contributed by atoms with E-state index in [9.17, 15) is 5.11 Å². The summed E-state index contributed by atoms with van der Waals surface area (Å²) in [4.78, 5) is 0. The maximum absolute atomic E-state index is 9.51. The van der Waals surface area contributed by atoms with Crippen molar-refractivity contribution in [3.05, 3.63) is 0 Å². The molecule has 0 fully saturated rings. The number of rotatable bonds is 14. The second-order valence-corrected chi connectivity index (χ2v) is 6.92. The fourth-order valence-corrected chi connectivity index (χ4v) is 3.04. The molecule has 0 radical (unpaired) electrons. The second kappa shape index (κ2) is 15.4. The van der Waals surface area contributed by atoms with E-state index in [1.807, 2.05) is 6.92 Å². The summed E-state index contributed by atoms with van der Waals surface area (Å²) in [6.45, 7) is 5.97. The van der Waals surface area contributed by atoms with Gasteiger partial charge in [-0.1, -0.05) is 69.9 Å². The van der Waals surface area contributed by atoms with Gasteiger partial charge in [0, 0.05) is 0 Å². The van der Waals surface area contributed by atoms with Crippen molar-refractivity contribution in [1.29, 1.82) is 0 Å². The molecule has 0 saturated heterocycles. The van der Waals surface area contributed by atoms with Gasteiger partial charge in [-0.2, -0.15) is 0 Å². The van der Waals surface area contributed by atoms with E-state index >= 15 is 0 Å². The van der Waals surface area contributed by atoms with Crippen LogP contribution in [0.2, 0.25) is 0 Å². The molecule has 0 saturated carbocycles. The molecule has 2 atom stereocenters. The minimum atomic E-state index is -0.262. The van der Waals surface area contributed by atoms with Crippen molar-refractivity contribution in [2.45, 2.75) is 84.2 Å². The van der Waals surface area contributed by atoms with Crippen LogP contribution in [-0.4, -0.2) is 41.8 Å². The molecule has 0 amide bonds. The molecular formula is C17H37Cl2NO. The maximum atomic E-state index is 9.51. The topological polar surface area (TPSA) is 20.2 Å². The molecule has 0 bridgehead atoms. The van der Waals surface area contributed by atoms with Crippen molar-refractivity contribution in [3.8, 4) is 0 Å². The number of aliphatic hydroxyl groups is 1. The average molecular weight is 342 g/mol. The molecule has 0 aromatic rings. The molecule has 0 heterocycles. The van der Waals surface area contributed by atoms with Crippen molar-refractivity contribution < 1.29 is 22.0 Å². The highest BCUT2D eigenvalue weighted by Gasteiger charge is 2.21. The van der Waals surface area contributed by atoms with Gasteiger partial charge in [0.05, 0.1) is 13.6 Å². The molecule has 0 aromatic carbocycles. The highest BCUT2D eigenvalue weighted by Crippen LogP contribution is 2.13. The van der Waals surface area contributed by atoms with Gasteiger partial charge in [0.25, 0.3) is 0 Å². The Balaban J connectivity index is 0. The van der Waals surface area contributed by atoms with Crippen LogP contribution < -0.4 is 12.4 Å². The van der Waals surface area contributed by atoms with Gasteiger partial charge in [0.15, 0.2) is 6.00 Å². The van der Waals surface area contributed by atoms with Crippen LogP contribution in [-0.2, 0) is 0 Å². The van der Waals surface area contributed by atoms with Gasteiger partial charge in [-0.05, 0) is 19.8 Å². The first-order valence-corrected chi connectivity index (χ1v) is 9.15. The first-order chi connectivity index (χ1) is 9.54. The zero-order valence-corrected chi connectivity index (χ0v) is 15.9. The van der Waals surface area contributed by atoms with Crippen molar-refractivity contribution in [1.82, 2.24) is 0 Å². The molecule has 0 aliphatic carbocycles. The van der Waals surface area contributed by atoms with Crippen LogP contribution in [0.5, 0.6) is 0 Å². The fourth-order valence-electron chi connectivity index (χ4n) is 2.82. The number of nitrogens with zero attached hydrogens (tertiary/aromatic N) is 1. The number of likely N-dealkylation sites (N-methyl/N-ethyl adjacent to an activating group) is 1. The Bertz CT molecular complexity index is 215. The largest absolute Gasteiger partial charge is 1.00 e. The lowest BCUT2D eigenvalue weighted by Crippen LogP contribution is -3.00. The summed E-state index contributed by atoms with van der Waals surface area (Å²) in [6, 6.07) is 0.600. The Morgan fingerprint density at radius 1 is 0.905 bits per heavy atom. The summed E-state index contributed by atoms with van der Waals surface area (Å²) in [5.74, 6) is 0. The third-order valence-corrected chi connectivity index (χ3v) is 4.62. The number of aliphatic hydroxyl groups excluding tert-OH is 1. The zero-order chi connectivity index (χ0) is 15.3. The van der Waals surface area contributed by atoms with E-state index in [1.165, 1.54) is 64.2 Å². The standard InChI is InChI=1S/C17H37ClNO.ClH/c1-4-5-6-7-8-9-10-11-12-13-14-19(3,16-18)15-17(2)20;/h17,20H,4-16H2,1-3H3;1H/q+1;/p-1. The molecule has 0 rings (SSSR count). The number of alkyl halides is 1. The molecule has 0 aromatic heterocycles. The van der Waals surface area contributed by atoms with Gasteiger partial charge >= 0.3 is 0 Å². The van der Waals surface area contributed by atoms with Gasteiger partial charge in [-0.25, -0.2) is 0 Å². The Morgan fingerprint density at radius 3 is 1.71 bits per heavy atom. The summed E-state index contributed by atoms with van der Waals surface area (Å²) >= 11 is 6.04. The summed E-state index contributed by atoms with van der Waals surface area (Å²) in [5, 5.41) is 9.51. The summed E-state index contributed by atoms with van der Waals surface area (Å²) in [7, 11) is 2.15. The van der Waals surface area contributed by atoms with Gasteiger partial charge in [-0.3, -0.25) is 0 Å². The molecule has 1 N–H and O–H groups in total. The molecule has 0 spiro atoms. The molecular weight excluding hydrogens is 305 g/mol. The molecule has 0 aliphatic rings. The molecule has 0 aliphatic heterocycles. The predicted octanol–water partition coefficient (Wildman–Crippen LogP) is 1.93. The van der Waals surface area contributed by atoms with Gasteiger partial charge in [0.1, 0.15) is 12.6 Å². The number of hydrogen-bond donors (Lipinski definition) is 1. The van der Waals surface area contributed by atoms with Crippen LogP contribution in [0.15, 0.2) is 0 Å². The van der Waals surface area contributed by atoms with Gasteiger partial charge in [-0.15, -0.1) is 0 Å². The molecule has 21 heavy (non-hydrogen) atoms. The van der Waals surface area contributed by atoms with Crippen molar-refractivity contribution in [2.24, 2.45) is 0 Å². The highest BCUT2D eigenvalue weighted by molar-refractivity contribution is 6.16. The quantitative estimate of drug-likeness (QED) is 0.221. The molecule has 4 heteroatoms. The Labute approximate surface area is 144 Å². The van der Waals surface area contributed by atoms with E-state index in [0.717, 1.165) is 17.6 Å². The first-order valence-electron chi connectivity index (χ1n) is 8.61. The molecule has 2 unspecified atom stereocenters. The summed E-state index contributed by atoms with van der Waals surface area (Å²) in [6.07, 6.45) is 13.4. The van der Waals surface area contributed by atoms with Crippen LogP contribution >= 0.6 is 11.6 Å². The summed E-state index contributed by atoms with van der Waals surface area (Å²) in [5.41, 5.74) is 0. The van der Waals surface area contributed by atoms with Crippen molar-refractivity contribution in [3.63, 3.8) is 0 Å². The number of halogens is 2. The zero-order valence-electron chi connectivity index (χ0n) is 14.4. The Morgan fingerprint density at radius 2 is 1.33 bits per heavy atom. The summed E-state index contributed by atoms with van der Waals surface area (Å²) < 4.78 is 0.788. The first kappa shape index (κ1) is 23.8. The smallest absolute Gasteiger partial charge is 0.154 e. The normalized spacial score (nSPS) is 15.3. The monoisotopic (exact) mass is 341 g/mol. The van der Waals surface area contributed by atoms with Crippen LogP contribution in [0.3, 0.4) is 0 Å². The maximum Gasteiger partial charge on any atom is 0.154 e. The highest BCUT2D eigenvalue weighted by atomic mass is 35.5. The van der Waals surface area contributed by atoms with Gasteiger partial charge < -0.3 is 22.0 Å². The van der Waals surface area contributed by atoms with Crippen LogP contribution in [0.1, 0.15) is 78.1 Å². The van der Waals surface area contributed by atoms with Crippen LogP contribution in [0.4, 0.5) is 0 Å². The number of quaternary nitrogens is 1. The fraction of sp³-hybridized carbons (Fsp3) is 1.00. The van der Waals surface area contributed by atoms with E-state index in [1.54, 1.807) is 0 Å². The third-order valence-electron chi connectivity index (χ3n) is 4.05. The van der Waals surface area contributed by atoms with E-state index in [2.05, 4.69) is 14.0 Å². The van der Waals surface area contributed by atoms with Gasteiger partial charge in [0.2, 0.25) is 0 Å². The minimum absolute atomic E-state index is 0.